The third-order valence-electron chi connectivity index (χ3n) is 3.21. The van der Waals surface area contributed by atoms with Crippen LogP contribution in [0.5, 0.6) is 5.75 Å². The zero-order chi connectivity index (χ0) is 16.2. The summed E-state index contributed by atoms with van der Waals surface area (Å²) in [5.41, 5.74) is -0.326. The lowest BCUT2D eigenvalue weighted by Crippen LogP contribution is -2.30. The Bertz CT molecular complexity index is 572. The molecule has 0 fully saturated rings. The van der Waals surface area contributed by atoms with Gasteiger partial charge in [0, 0.05) is 5.92 Å². The van der Waals surface area contributed by atoms with Crippen molar-refractivity contribution in [3.05, 3.63) is 28.3 Å². The summed E-state index contributed by atoms with van der Waals surface area (Å²) in [6.07, 6.45) is 0. The number of nitro benzene ring substituents is 1. The largest absolute Gasteiger partial charge is 0.496 e. The van der Waals surface area contributed by atoms with Gasteiger partial charge in [-0.3, -0.25) is 19.7 Å². The van der Waals surface area contributed by atoms with Crippen LogP contribution in [0, 0.1) is 22.0 Å². The molecule has 21 heavy (non-hydrogen) atoms. The van der Waals surface area contributed by atoms with Gasteiger partial charge in [-0.1, -0.05) is 13.8 Å². The van der Waals surface area contributed by atoms with E-state index in [0.717, 1.165) is 0 Å². The molecule has 0 saturated heterocycles. The molecule has 0 bridgehead atoms. The van der Waals surface area contributed by atoms with E-state index in [-0.39, 0.29) is 17.1 Å². The number of nitrogens with zero attached hydrogens (tertiary/aromatic N) is 1. The number of hydrogen-bond acceptors (Lipinski definition) is 5. The van der Waals surface area contributed by atoms with Gasteiger partial charge in [0.05, 0.1) is 24.0 Å². The summed E-state index contributed by atoms with van der Waals surface area (Å²) in [5, 5.41) is 22.2. The Labute approximate surface area is 120 Å². The van der Waals surface area contributed by atoms with Gasteiger partial charge in [-0.05, 0) is 12.1 Å². The minimum atomic E-state index is -1.11. The standard InChI is InChI=1S/C13H16N2O6/c1-7(8(2)13(17)18)12(16)14-10-5-4-9(21-3)6-11(10)15(19)20/h4-8H,1-3H3,(H,14,16)(H,17,18). The molecule has 0 spiro atoms. The number of hydrogen-bond donors (Lipinski definition) is 2. The number of benzene rings is 1. The van der Waals surface area contributed by atoms with Crippen LogP contribution in [0.2, 0.25) is 0 Å². The van der Waals surface area contributed by atoms with Crippen LogP contribution in [0.3, 0.4) is 0 Å². The van der Waals surface area contributed by atoms with Gasteiger partial charge in [-0.15, -0.1) is 0 Å². The van der Waals surface area contributed by atoms with E-state index < -0.39 is 28.6 Å². The predicted octanol–water partition coefficient (Wildman–Crippen LogP) is 1.90. The number of methoxy groups -OCH3 is 1. The zero-order valence-corrected chi connectivity index (χ0v) is 11.8. The Hall–Kier alpha value is -2.64. The van der Waals surface area contributed by atoms with Crippen molar-refractivity contribution in [2.75, 3.05) is 12.4 Å². The van der Waals surface area contributed by atoms with E-state index in [1.807, 2.05) is 0 Å². The van der Waals surface area contributed by atoms with Crippen molar-refractivity contribution >= 4 is 23.3 Å². The Morgan fingerprint density at radius 2 is 1.95 bits per heavy atom. The highest BCUT2D eigenvalue weighted by atomic mass is 16.6. The molecule has 1 aromatic rings. The molecule has 114 valence electrons. The summed E-state index contributed by atoms with van der Waals surface area (Å²) in [7, 11) is 1.37. The second kappa shape index (κ2) is 6.69. The van der Waals surface area contributed by atoms with Crippen molar-refractivity contribution in [3.8, 4) is 5.75 Å². The van der Waals surface area contributed by atoms with Crippen molar-refractivity contribution in [1.29, 1.82) is 0 Å². The molecule has 2 atom stereocenters. The SMILES string of the molecule is COc1ccc(NC(=O)C(C)C(C)C(=O)O)c([N+](=O)[O-])c1. The average molecular weight is 296 g/mol. The predicted molar refractivity (Wildman–Crippen MR) is 74.2 cm³/mol. The van der Waals surface area contributed by atoms with E-state index in [1.54, 1.807) is 0 Å². The molecule has 0 aromatic heterocycles. The van der Waals surface area contributed by atoms with E-state index >= 15 is 0 Å². The molecule has 1 rings (SSSR count). The summed E-state index contributed by atoms with van der Waals surface area (Å²) in [4.78, 5) is 33.1. The molecular weight excluding hydrogens is 280 g/mol. The number of rotatable bonds is 6. The lowest BCUT2D eigenvalue weighted by molar-refractivity contribution is -0.384. The number of nitrogens with one attached hydrogen (secondary N) is 1. The first-order chi connectivity index (χ1) is 9.77. The highest BCUT2D eigenvalue weighted by molar-refractivity contribution is 5.96. The fourth-order valence-corrected chi connectivity index (χ4v) is 1.58. The monoisotopic (exact) mass is 296 g/mol. The summed E-state index contributed by atoms with van der Waals surface area (Å²) in [6.45, 7) is 2.85. The third-order valence-corrected chi connectivity index (χ3v) is 3.21. The van der Waals surface area contributed by atoms with Gasteiger partial charge in [0.2, 0.25) is 5.91 Å². The summed E-state index contributed by atoms with van der Waals surface area (Å²) < 4.78 is 4.89. The van der Waals surface area contributed by atoms with Crippen molar-refractivity contribution in [2.45, 2.75) is 13.8 Å². The number of ether oxygens (including phenoxy) is 1. The number of carboxylic acid groups (broad SMARTS) is 1. The van der Waals surface area contributed by atoms with E-state index in [9.17, 15) is 19.7 Å². The van der Waals surface area contributed by atoms with Crippen LogP contribution in [0.15, 0.2) is 18.2 Å². The van der Waals surface area contributed by atoms with Gasteiger partial charge in [0.25, 0.3) is 5.69 Å². The topological polar surface area (TPSA) is 119 Å². The number of carbonyl (C=O) groups excluding carboxylic acids is 1. The van der Waals surface area contributed by atoms with Gasteiger partial charge in [0.15, 0.2) is 0 Å². The summed E-state index contributed by atoms with van der Waals surface area (Å²) in [5.74, 6) is -3.15. The van der Waals surface area contributed by atoms with Crippen molar-refractivity contribution < 1.29 is 24.4 Å². The van der Waals surface area contributed by atoms with Gasteiger partial charge in [0.1, 0.15) is 11.4 Å². The molecular formula is C13H16N2O6. The molecule has 1 aromatic carbocycles. The highest BCUT2D eigenvalue weighted by Gasteiger charge is 2.27. The van der Waals surface area contributed by atoms with Crippen LogP contribution >= 0.6 is 0 Å². The Morgan fingerprint density at radius 1 is 1.33 bits per heavy atom. The average Bonchev–Trinajstić information content (AvgIpc) is 2.45. The van der Waals surface area contributed by atoms with E-state index in [0.29, 0.717) is 0 Å². The molecule has 0 aliphatic carbocycles. The molecule has 0 aliphatic rings. The Kier molecular flexibility index (Phi) is 5.23. The van der Waals surface area contributed by atoms with Gasteiger partial charge >= 0.3 is 5.97 Å². The van der Waals surface area contributed by atoms with E-state index in [1.165, 1.54) is 39.2 Å². The van der Waals surface area contributed by atoms with Crippen LogP contribution in [0.1, 0.15) is 13.8 Å². The molecule has 1 amide bonds. The van der Waals surface area contributed by atoms with Crippen molar-refractivity contribution in [1.82, 2.24) is 0 Å². The molecule has 2 N–H and O–H groups in total. The number of nitro groups is 1. The van der Waals surface area contributed by atoms with Gasteiger partial charge in [-0.2, -0.15) is 0 Å². The first-order valence-corrected chi connectivity index (χ1v) is 6.14. The third kappa shape index (κ3) is 3.91. The molecule has 8 heteroatoms. The lowest BCUT2D eigenvalue weighted by Gasteiger charge is -2.16. The lowest BCUT2D eigenvalue weighted by atomic mass is 9.95. The normalized spacial score (nSPS) is 13.1. The maximum absolute atomic E-state index is 12.0. The molecule has 2 unspecified atom stereocenters. The number of carbonyl (C=O) groups is 2. The molecule has 0 heterocycles. The van der Waals surface area contributed by atoms with Crippen molar-refractivity contribution in [2.24, 2.45) is 11.8 Å². The highest BCUT2D eigenvalue weighted by Crippen LogP contribution is 2.29. The zero-order valence-electron chi connectivity index (χ0n) is 11.8. The maximum atomic E-state index is 12.0. The quantitative estimate of drug-likeness (QED) is 0.611. The minimum absolute atomic E-state index is 0.00441. The molecule has 0 radical (unpaired) electrons. The second-order valence-electron chi connectivity index (χ2n) is 4.55. The van der Waals surface area contributed by atoms with Gasteiger partial charge < -0.3 is 15.2 Å². The van der Waals surface area contributed by atoms with Crippen LogP contribution in [0.25, 0.3) is 0 Å². The molecule has 8 nitrogen and oxygen atoms in total. The van der Waals surface area contributed by atoms with E-state index in [4.69, 9.17) is 9.84 Å². The number of anilines is 1. The van der Waals surface area contributed by atoms with Crippen LogP contribution < -0.4 is 10.1 Å². The van der Waals surface area contributed by atoms with Crippen molar-refractivity contribution in [3.63, 3.8) is 0 Å². The number of carboxylic acids is 1. The second-order valence-corrected chi connectivity index (χ2v) is 4.55. The number of amides is 1. The van der Waals surface area contributed by atoms with Gasteiger partial charge in [-0.25, -0.2) is 0 Å². The number of aliphatic carboxylic acids is 1. The molecule has 0 aliphatic heterocycles. The first kappa shape index (κ1) is 16.4. The fourth-order valence-electron chi connectivity index (χ4n) is 1.58. The summed E-state index contributed by atoms with van der Waals surface area (Å²) in [6, 6.07) is 3.99. The Balaban J connectivity index is 2.99. The first-order valence-electron chi connectivity index (χ1n) is 6.14. The minimum Gasteiger partial charge on any atom is -0.496 e. The Morgan fingerprint density at radius 3 is 2.43 bits per heavy atom. The smallest absolute Gasteiger partial charge is 0.307 e. The fraction of sp³-hybridized carbons (Fsp3) is 0.385. The van der Waals surface area contributed by atoms with Crippen LogP contribution in [0.4, 0.5) is 11.4 Å². The molecule has 0 saturated carbocycles. The summed E-state index contributed by atoms with van der Waals surface area (Å²) >= 11 is 0. The van der Waals surface area contributed by atoms with E-state index in [2.05, 4.69) is 5.32 Å². The van der Waals surface area contributed by atoms with Crippen LogP contribution in [-0.4, -0.2) is 29.0 Å². The van der Waals surface area contributed by atoms with Crippen LogP contribution in [-0.2, 0) is 9.59 Å². The maximum Gasteiger partial charge on any atom is 0.307 e.